The lowest BCUT2D eigenvalue weighted by atomic mass is 9.44. The highest BCUT2D eigenvalue weighted by atomic mass is 19.3. The van der Waals surface area contributed by atoms with E-state index in [1.54, 1.807) is 0 Å². The quantitative estimate of drug-likeness (QED) is 0.0498. The molecule has 5 nitrogen and oxygen atoms in total. The summed E-state index contributed by atoms with van der Waals surface area (Å²) in [5, 5.41) is 0. The molecule has 0 heterocycles. The zero-order chi connectivity index (χ0) is 41.3. The number of rotatable bonds is 23. The molecular formula is C48H78F4N2O3. The van der Waals surface area contributed by atoms with E-state index in [4.69, 9.17) is 20.9 Å². The molecule has 0 amide bonds. The van der Waals surface area contributed by atoms with Gasteiger partial charge in [0.25, 0.3) is 0 Å². The summed E-state index contributed by atoms with van der Waals surface area (Å²) in [4.78, 5) is 12.7. The van der Waals surface area contributed by atoms with Crippen LogP contribution in [0.15, 0.2) is 18.2 Å². The number of unbranched alkanes of at least 4 members (excludes halogenated alkanes) is 13. The molecule has 5 rings (SSSR count). The van der Waals surface area contributed by atoms with Gasteiger partial charge in [-0.05, 0) is 135 Å². The van der Waals surface area contributed by atoms with Crippen molar-refractivity contribution >= 4 is 17.3 Å². The van der Waals surface area contributed by atoms with Crippen molar-refractivity contribution in [3.05, 3.63) is 23.8 Å². The first-order valence-corrected chi connectivity index (χ1v) is 23.4. The number of esters is 1. The first-order valence-electron chi connectivity index (χ1n) is 23.4. The van der Waals surface area contributed by atoms with Gasteiger partial charge >= 0.3 is 18.0 Å². The largest absolute Gasteiger partial charge is 0.466 e. The van der Waals surface area contributed by atoms with Crippen LogP contribution in [0.1, 0.15) is 194 Å². The van der Waals surface area contributed by atoms with Gasteiger partial charge in [-0.2, -0.15) is 17.6 Å². The predicted octanol–water partition coefficient (Wildman–Crippen LogP) is 14.0. The highest BCUT2D eigenvalue weighted by Crippen LogP contribution is 2.68. The summed E-state index contributed by atoms with van der Waals surface area (Å²) in [6, 6.07) is 2.95. The molecule has 326 valence electrons. The Morgan fingerprint density at radius 1 is 0.754 bits per heavy atom. The van der Waals surface area contributed by atoms with Gasteiger partial charge in [0, 0.05) is 23.4 Å². The van der Waals surface area contributed by atoms with E-state index in [1.807, 2.05) is 0 Å². The van der Waals surface area contributed by atoms with Crippen LogP contribution >= 0.6 is 0 Å². The summed E-state index contributed by atoms with van der Waals surface area (Å²) < 4.78 is 71.5. The number of carbonyl (C=O) groups is 1. The van der Waals surface area contributed by atoms with Gasteiger partial charge in [0.05, 0.1) is 12.7 Å². The molecule has 0 aromatic heterocycles. The maximum absolute atomic E-state index is 15.2. The molecule has 4 saturated carbocycles. The number of halogens is 4. The third-order valence-corrected chi connectivity index (χ3v) is 16.0. The third-order valence-electron chi connectivity index (χ3n) is 16.0. The number of carbonyl (C=O) groups excluding carboxylic acids is 1. The first-order chi connectivity index (χ1) is 27.1. The monoisotopic (exact) mass is 807 g/mol. The molecular weight excluding hydrogens is 729 g/mol. The Kier molecular flexibility index (Phi) is 16.6. The van der Waals surface area contributed by atoms with E-state index in [9.17, 15) is 4.79 Å². The molecule has 0 spiro atoms. The van der Waals surface area contributed by atoms with Crippen LogP contribution < -0.4 is 11.5 Å². The summed E-state index contributed by atoms with van der Waals surface area (Å²) >= 11 is 0. The number of ether oxygens (including phenoxy) is 2. The van der Waals surface area contributed by atoms with Gasteiger partial charge in [0.2, 0.25) is 0 Å². The fourth-order valence-corrected chi connectivity index (χ4v) is 12.7. The van der Waals surface area contributed by atoms with E-state index in [0.717, 1.165) is 57.1 Å². The van der Waals surface area contributed by atoms with Gasteiger partial charge in [0.15, 0.2) is 0 Å². The van der Waals surface area contributed by atoms with Crippen LogP contribution in [0.25, 0.3) is 0 Å². The van der Waals surface area contributed by atoms with Gasteiger partial charge in [-0.1, -0.05) is 111 Å². The average molecular weight is 807 g/mol. The number of fused-ring (bicyclic) bond motifs is 5. The lowest BCUT2D eigenvalue weighted by Crippen LogP contribution is -2.55. The second kappa shape index (κ2) is 20.5. The molecule has 0 bridgehead atoms. The minimum atomic E-state index is -4.69. The fourth-order valence-electron chi connectivity index (χ4n) is 12.7. The maximum Gasteiger partial charge on any atom is 0.424 e. The SMILES string of the molecule is CCCCCCCCCCCCCCCCOC(=O)CC[C@@H](C)[C@H]1CCC2C3CCC4CC(OC(F)(F)C(F)(F)c5cc(N)cc(N)c5)CC[C@]4(C)C3CC[C@@]21C. The molecule has 1 aromatic rings. The Balaban J connectivity index is 1.00. The van der Waals surface area contributed by atoms with Gasteiger partial charge in [-0.15, -0.1) is 0 Å². The zero-order valence-corrected chi connectivity index (χ0v) is 36.0. The molecule has 4 aliphatic rings. The standard InChI is InChI=1S/C48H78F4N2O3/c1-5-6-7-8-9-10-11-12-13-14-15-16-17-18-29-56-44(55)24-19-34(2)41-22-23-42-40-21-20-35-32-39(25-27-45(35,3)43(40)26-28-46(41,42)4)57-48(51,52)47(49,50)36-30-37(53)33-38(54)31-36/h30-31,33-35,39-43H,5-29,32,53-54H2,1-4H3/t34-,35?,39?,40?,41-,42?,43?,45+,46-/m1/s1. The van der Waals surface area contributed by atoms with Crippen LogP contribution in [0.5, 0.6) is 0 Å². The minimum absolute atomic E-state index is 0.00928. The molecule has 0 saturated heterocycles. The summed E-state index contributed by atoms with van der Waals surface area (Å²) in [6.07, 6.45) is 22.1. The summed E-state index contributed by atoms with van der Waals surface area (Å²) in [7, 11) is 0. The Labute approximate surface area is 342 Å². The molecule has 1 aromatic carbocycles. The Morgan fingerprint density at radius 3 is 1.93 bits per heavy atom. The topological polar surface area (TPSA) is 87.6 Å². The van der Waals surface area contributed by atoms with Crippen LogP contribution in [0.2, 0.25) is 0 Å². The number of hydrogen-bond donors (Lipinski definition) is 2. The van der Waals surface area contributed by atoms with E-state index in [0.29, 0.717) is 61.9 Å². The van der Waals surface area contributed by atoms with Gasteiger partial charge < -0.3 is 20.9 Å². The number of nitrogen functional groups attached to an aromatic ring is 2. The molecule has 4 aliphatic carbocycles. The van der Waals surface area contributed by atoms with Gasteiger partial charge in [0.1, 0.15) is 0 Å². The average Bonchev–Trinajstić information content (AvgIpc) is 3.52. The first kappa shape index (κ1) is 46.0. The maximum atomic E-state index is 15.2. The van der Waals surface area contributed by atoms with Crippen molar-refractivity contribution in [3.8, 4) is 0 Å². The van der Waals surface area contributed by atoms with Crippen molar-refractivity contribution in [2.45, 2.75) is 206 Å². The lowest BCUT2D eigenvalue weighted by Gasteiger charge is -2.61. The van der Waals surface area contributed by atoms with E-state index in [-0.39, 0.29) is 34.1 Å². The van der Waals surface area contributed by atoms with E-state index in [1.165, 1.54) is 96.0 Å². The molecule has 4 fully saturated rings. The van der Waals surface area contributed by atoms with Crippen LogP contribution in [0.4, 0.5) is 28.9 Å². The van der Waals surface area contributed by atoms with Crippen molar-refractivity contribution in [1.82, 2.24) is 0 Å². The molecule has 0 radical (unpaired) electrons. The Hall–Kier alpha value is -2.03. The van der Waals surface area contributed by atoms with Crippen LogP contribution in [-0.4, -0.2) is 24.8 Å². The van der Waals surface area contributed by atoms with Crippen molar-refractivity contribution in [2.75, 3.05) is 18.1 Å². The van der Waals surface area contributed by atoms with Crippen molar-refractivity contribution in [2.24, 2.45) is 46.3 Å². The molecule has 5 unspecified atom stereocenters. The van der Waals surface area contributed by atoms with E-state index < -0.39 is 23.7 Å². The van der Waals surface area contributed by atoms with Crippen LogP contribution in [0.3, 0.4) is 0 Å². The molecule has 0 aliphatic heterocycles. The number of hydrogen-bond acceptors (Lipinski definition) is 5. The Morgan fingerprint density at radius 2 is 1.32 bits per heavy atom. The zero-order valence-electron chi connectivity index (χ0n) is 36.0. The second-order valence-electron chi connectivity index (χ2n) is 19.7. The molecule has 9 atom stereocenters. The summed E-state index contributed by atoms with van der Waals surface area (Å²) in [5.74, 6) is -1.70. The number of anilines is 2. The smallest absolute Gasteiger partial charge is 0.424 e. The summed E-state index contributed by atoms with van der Waals surface area (Å²) in [5.41, 5.74) is 10.4. The van der Waals surface area contributed by atoms with Crippen LogP contribution in [-0.2, 0) is 20.2 Å². The third kappa shape index (κ3) is 11.2. The summed E-state index contributed by atoms with van der Waals surface area (Å²) in [6.45, 7) is 10.00. The highest BCUT2D eigenvalue weighted by Gasteiger charge is 2.63. The highest BCUT2D eigenvalue weighted by molar-refractivity contribution is 5.69. The van der Waals surface area contributed by atoms with Crippen LogP contribution in [0, 0.1) is 46.3 Å². The number of alkyl halides is 4. The second-order valence-corrected chi connectivity index (χ2v) is 19.7. The number of benzene rings is 1. The van der Waals surface area contributed by atoms with Crippen molar-refractivity contribution in [1.29, 1.82) is 0 Å². The van der Waals surface area contributed by atoms with E-state index in [2.05, 4.69) is 27.7 Å². The minimum Gasteiger partial charge on any atom is -0.466 e. The molecule has 9 heteroatoms. The van der Waals surface area contributed by atoms with Gasteiger partial charge in [-0.3, -0.25) is 4.79 Å². The Bertz CT molecular complexity index is 1390. The lowest BCUT2D eigenvalue weighted by molar-refractivity contribution is -0.373. The van der Waals surface area contributed by atoms with E-state index >= 15 is 17.6 Å². The number of nitrogens with two attached hydrogens (primary N) is 2. The normalized spacial score (nSPS) is 30.7. The molecule has 57 heavy (non-hydrogen) atoms. The van der Waals surface area contributed by atoms with Crippen molar-refractivity contribution < 1.29 is 31.8 Å². The molecule has 4 N–H and O–H groups in total. The van der Waals surface area contributed by atoms with Gasteiger partial charge in [-0.25, -0.2) is 0 Å². The van der Waals surface area contributed by atoms with Crippen molar-refractivity contribution in [3.63, 3.8) is 0 Å². The predicted molar refractivity (Wildman–Crippen MR) is 224 cm³/mol. The fraction of sp³-hybridized carbons (Fsp3) is 0.854.